The number of carbonyl (C=O) groups is 2. The fraction of sp³-hybridized carbons (Fsp3) is 0.882. The molecule has 0 aromatic heterocycles. The Morgan fingerprint density at radius 1 is 0.773 bits per heavy atom. The van der Waals surface area contributed by atoms with Crippen LogP contribution in [0.5, 0.6) is 0 Å². The average molecular weight is 314 g/mol. The molecule has 0 aliphatic heterocycles. The van der Waals surface area contributed by atoms with E-state index in [2.05, 4.69) is 17.6 Å². The van der Waals surface area contributed by atoms with Gasteiger partial charge in [0, 0.05) is 19.4 Å². The maximum Gasteiger partial charge on any atom is 0.303 e. The van der Waals surface area contributed by atoms with Gasteiger partial charge < -0.3 is 15.7 Å². The maximum atomic E-state index is 11.4. The maximum absolute atomic E-state index is 11.4. The molecule has 22 heavy (non-hydrogen) atoms. The van der Waals surface area contributed by atoms with Crippen LogP contribution in [0, 0.1) is 0 Å². The van der Waals surface area contributed by atoms with E-state index in [1.807, 2.05) is 0 Å². The number of nitrogens with one attached hydrogen (secondary N) is 2. The molecule has 0 aliphatic carbocycles. The molecule has 5 heteroatoms. The quantitative estimate of drug-likeness (QED) is 0.383. The first-order chi connectivity index (χ1) is 10.7. The Bertz CT molecular complexity index is 283. The van der Waals surface area contributed by atoms with Crippen LogP contribution < -0.4 is 10.6 Å². The van der Waals surface area contributed by atoms with Crippen LogP contribution in [-0.4, -0.2) is 36.6 Å². The first-order valence-corrected chi connectivity index (χ1v) is 8.86. The summed E-state index contributed by atoms with van der Waals surface area (Å²) in [5.74, 6) is -0.884. The second-order valence-corrected chi connectivity index (χ2v) is 5.82. The van der Waals surface area contributed by atoms with Crippen LogP contribution >= 0.6 is 0 Å². The summed E-state index contributed by atoms with van der Waals surface area (Å²) in [6.45, 7) is 5.02. The number of hydrogen-bond donors (Lipinski definition) is 3. The standard InChI is InChI=1S/C17H34N2O3/c1-2-3-4-5-6-7-13-18-14-8-9-15-19-16(20)11-10-12-17(21)22/h18H,2-15H2,1H3,(H,19,20)(H,21,22). The molecule has 1 amide bonds. The Morgan fingerprint density at radius 3 is 2.05 bits per heavy atom. The monoisotopic (exact) mass is 314 g/mol. The summed E-state index contributed by atoms with van der Waals surface area (Å²) < 4.78 is 0. The second kappa shape index (κ2) is 16.3. The van der Waals surface area contributed by atoms with Crippen molar-refractivity contribution in [3.8, 4) is 0 Å². The highest BCUT2D eigenvalue weighted by Crippen LogP contribution is 2.04. The first kappa shape index (κ1) is 20.9. The van der Waals surface area contributed by atoms with Crippen molar-refractivity contribution in [2.75, 3.05) is 19.6 Å². The zero-order valence-corrected chi connectivity index (χ0v) is 14.2. The van der Waals surface area contributed by atoms with Gasteiger partial charge in [-0.25, -0.2) is 0 Å². The van der Waals surface area contributed by atoms with Crippen LogP contribution in [-0.2, 0) is 9.59 Å². The molecule has 130 valence electrons. The molecule has 0 aromatic rings. The van der Waals surface area contributed by atoms with Crippen LogP contribution in [0.25, 0.3) is 0 Å². The lowest BCUT2D eigenvalue weighted by Crippen LogP contribution is -2.25. The lowest BCUT2D eigenvalue weighted by Gasteiger charge is -2.06. The third-order valence-corrected chi connectivity index (χ3v) is 3.60. The van der Waals surface area contributed by atoms with Crippen molar-refractivity contribution in [2.24, 2.45) is 0 Å². The van der Waals surface area contributed by atoms with E-state index in [0.29, 0.717) is 19.4 Å². The van der Waals surface area contributed by atoms with E-state index in [9.17, 15) is 9.59 Å². The van der Waals surface area contributed by atoms with Gasteiger partial charge in [-0.2, -0.15) is 0 Å². The Hall–Kier alpha value is -1.10. The van der Waals surface area contributed by atoms with Gasteiger partial charge in [0.1, 0.15) is 0 Å². The molecule has 3 N–H and O–H groups in total. The number of carboxylic acids is 1. The predicted molar refractivity (Wildman–Crippen MR) is 90.0 cm³/mol. The van der Waals surface area contributed by atoms with E-state index in [0.717, 1.165) is 25.9 Å². The van der Waals surface area contributed by atoms with Crippen molar-refractivity contribution in [1.29, 1.82) is 0 Å². The summed E-state index contributed by atoms with van der Waals surface area (Å²) in [6, 6.07) is 0. The van der Waals surface area contributed by atoms with Crippen LogP contribution in [0.2, 0.25) is 0 Å². The third-order valence-electron chi connectivity index (χ3n) is 3.60. The third kappa shape index (κ3) is 17.0. The Kier molecular flexibility index (Phi) is 15.5. The normalized spacial score (nSPS) is 10.6. The molecule has 0 bridgehead atoms. The molecule has 5 nitrogen and oxygen atoms in total. The smallest absolute Gasteiger partial charge is 0.303 e. The highest BCUT2D eigenvalue weighted by atomic mass is 16.4. The van der Waals surface area contributed by atoms with Crippen LogP contribution in [0.1, 0.15) is 77.6 Å². The van der Waals surface area contributed by atoms with Gasteiger partial charge in [-0.3, -0.25) is 9.59 Å². The van der Waals surface area contributed by atoms with Crippen LogP contribution in [0.3, 0.4) is 0 Å². The summed E-state index contributed by atoms with van der Waals surface area (Å²) in [5.41, 5.74) is 0. The zero-order valence-electron chi connectivity index (χ0n) is 14.2. The van der Waals surface area contributed by atoms with Gasteiger partial charge in [0.2, 0.25) is 5.91 Å². The Balaban J connectivity index is 3.13. The highest BCUT2D eigenvalue weighted by molar-refractivity contribution is 5.76. The van der Waals surface area contributed by atoms with Crippen LogP contribution in [0.15, 0.2) is 0 Å². The summed E-state index contributed by atoms with van der Waals surface area (Å²) in [6.07, 6.45) is 10.8. The van der Waals surface area contributed by atoms with E-state index < -0.39 is 5.97 Å². The SMILES string of the molecule is CCCCCCCCNCCCCNC(=O)CCCC(=O)O. The van der Waals surface area contributed by atoms with Gasteiger partial charge >= 0.3 is 5.97 Å². The Morgan fingerprint density at radius 2 is 1.36 bits per heavy atom. The lowest BCUT2D eigenvalue weighted by atomic mass is 10.1. The van der Waals surface area contributed by atoms with Crippen LogP contribution in [0.4, 0.5) is 0 Å². The fourth-order valence-electron chi connectivity index (χ4n) is 2.25. The number of amides is 1. The molecule has 0 unspecified atom stereocenters. The van der Waals surface area contributed by atoms with Crippen molar-refractivity contribution in [2.45, 2.75) is 77.6 Å². The molecule has 0 heterocycles. The molecule has 0 saturated heterocycles. The molecule has 0 atom stereocenters. The minimum absolute atomic E-state index is 0.0405. The predicted octanol–water partition coefficient (Wildman–Crippen LogP) is 3.09. The molecule has 0 saturated carbocycles. The van der Waals surface area contributed by atoms with Crippen molar-refractivity contribution < 1.29 is 14.7 Å². The molecule has 0 aromatic carbocycles. The van der Waals surface area contributed by atoms with Gasteiger partial charge in [-0.1, -0.05) is 39.0 Å². The molecule has 0 spiro atoms. The summed E-state index contributed by atoms with van der Waals surface area (Å²) in [5, 5.41) is 14.7. The van der Waals surface area contributed by atoms with Crippen molar-refractivity contribution in [3.05, 3.63) is 0 Å². The van der Waals surface area contributed by atoms with Gasteiger partial charge in [-0.15, -0.1) is 0 Å². The molecule has 0 aliphatic rings. The average Bonchev–Trinajstić information content (AvgIpc) is 2.48. The van der Waals surface area contributed by atoms with Crippen molar-refractivity contribution in [3.63, 3.8) is 0 Å². The van der Waals surface area contributed by atoms with E-state index in [1.165, 1.54) is 38.5 Å². The molecule has 0 rings (SSSR count). The van der Waals surface area contributed by atoms with Gasteiger partial charge in [0.25, 0.3) is 0 Å². The molecular formula is C17H34N2O3. The van der Waals surface area contributed by atoms with Crippen molar-refractivity contribution >= 4 is 11.9 Å². The summed E-state index contributed by atoms with van der Waals surface area (Å²) in [7, 11) is 0. The van der Waals surface area contributed by atoms with E-state index >= 15 is 0 Å². The largest absolute Gasteiger partial charge is 0.481 e. The number of rotatable bonds is 16. The van der Waals surface area contributed by atoms with E-state index in [-0.39, 0.29) is 12.3 Å². The summed E-state index contributed by atoms with van der Waals surface area (Å²) >= 11 is 0. The second-order valence-electron chi connectivity index (χ2n) is 5.82. The number of unbranched alkanes of at least 4 members (excludes halogenated alkanes) is 6. The number of carboxylic acid groups (broad SMARTS) is 1. The van der Waals surface area contributed by atoms with Gasteiger partial charge in [0.15, 0.2) is 0 Å². The fourth-order valence-corrected chi connectivity index (χ4v) is 2.25. The van der Waals surface area contributed by atoms with Gasteiger partial charge in [0.05, 0.1) is 0 Å². The molecule has 0 fully saturated rings. The topological polar surface area (TPSA) is 78.4 Å². The minimum atomic E-state index is -0.843. The lowest BCUT2D eigenvalue weighted by molar-refractivity contribution is -0.137. The minimum Gasteiger partial charge on any atom is -0.481 e. The molecule has 0 radical (unpaired) electrons. The number of carbonyl (C=O) groups excluding carboxylic acids is 1. The highest BCUT2D eigenvalue weighted by Gasteiger charge is 2.02. The summed E-state index contributed by atoms with van der Waals surface area (Å²) in [4.78, 5) is 21.7. The first-order valence-electron chi connectivity index (χ1n) is 8.86. The Labute approximate surface area is 135 Å². The number of hydrogen-bond acceptors (Lipinski definition) is 3. The zero-order chi connectivity index (χ0) is 16.5. The van der Waals surface area contributed by atoms with Crippen molar-refractivity contribution in [1.82, 2.24) is 10.6 Å². The van der Waals surface area contributed by atoms with Gasteiger partial charge in [-0.05, 0) is 38.8 Å². The molecular weight excluding hydrogens is 280 g/mol. The van der Waals surface area contributed by atoms with E-state index in [1.54, 1.807) is 0 Å². The van der Waals surface area contributed by atoms with E-state index in [4.69, 9.17) is 5.11 Å². The number of aliphatic carboxylic acids is 1.